The Kier molecular flexibility index (Phi) is 8.88. The Hall–Kier alpha value is -4.03. The van der Waals surface area contributed by atoms with Crippen molar-refractivity contribution in [1.29, 1.82) is 0 Å². The van der Waals surface area contributed by atoms with Gasteiger partial charge in [-0.25, -0.2) is 0 Å². The first-order valence-electron chi connectivity index (χ1n) is 13.2. The number of aromatic amines is 1. The highest BCUT2D eigenvalue weighted by Crippen LogP contribution is 2.38. The molecule has 1 saturated heterocycles. The number of hydrogen-bond donors (Lipinski definition) is 1. The summed E-state index contributed by atoms with van der Waals surface area (Å²) in [5.74, 6) is -1.76. The summed E-state index contributed by atoms with van der Waals surface area (Å²) in [6, 6.07) is 7.41. The van der Waals surface area contributed by atoms with Crippen LogP contribution in [0.2, 0.25) is 0 Å². The van der Waals surface area contributed by atoms with Gasteiger partial charge in [-0.3, -0.25) is 19.2 Å². The van der Waals surface area contributed by atoms with E-state index in [4.69, 9.17) is 23.7 Å². The molecule has 2 aromatic heterocycles. The fourth-order valence-corrected chi connectivity index (χ4v) is 5.62. The Morgan fingerprint density at radius 3 is 2.14 bits per heavy atom. The number of nitrogens with zero attached hydrogens (tertiary/aromatic N) is 1. The zero-order valence-corrected chi connectivity index (χ0v) is 25.6. The number of benzene rings is 2. The monoisotopic (exact) mass is 642 g/mol. The molecule has 2 aromatic carbocycles. The molecule has 12 heteroatoms. The minimum absolute atomic E-state index is 0. The van der Waals surface area contributed by atoms with Crippen LogP contribution in [0.5, 0.6) is 5.75 Å². The number of esters is 4. The SMILES string of the molecule is CC(=O)Oc1ccc2[nH]c3c(C)c4cc[n+]([C@@H]5OC[C@H](OC(C)=O)[C@H](OC(C)=O)[C@H]5OC(C)=O)cc4c(C)c3c2c1.[Br-]. The molecule has 42 heavy (non-hydrogen) atoms. The molecule has 0 radical (unpaired) electrons. The van der Waals surface area contributed by atoms with E-state index in [9.17, 15) is 19.2 Å². The van der Waals surface area contributed by atoms with Gasteiger partial charge in [0.05, 0.1) is 12.1 Å². The Morgan fingerprint density at radius 2 is 1.50 bits per heavy atom. The third-order valence-electron chi connectivity index (χ3n) is 7.19. The van der Waals surface area contributed by atoms with Gasteiger partial charge in [-0.05, 0) is 48.6 Å². The maximum atomic E-state index is 12.1. The molecule has 11 nitrogen and oxygen atoms in total. The maximum Gasteiger partial charge on any atom is 0.308 e. The van der Waals surface area contributed by atoms with Gasteiger partial charge < -0.3 is 45.6 Å². The quantitative estimate of drug-likeness (QED) is 0.144. The van der Waals surface area contributed by atoms with Crippen molar-refractivity contribution in [1.82, 2.24) is 4.98 Å². The van der Waals surface area contributed by atoms with Crippen molar-refractivity contribution in [2.75, 3.05) is 6.61 Å². The number of halogens is 1. The molecule has 1 aliphatic heterocycles. The van der Waals surface area contributed by atoms with Crippen molar-refractivity contribution < 1.29 is 64.4 Å². The van der Waals surface area contributed by atoms with E-state index >= 15 is 0 Å². The smallest absolute Gasteiger partial charge is 0.308 e. The van der Waals surface area contributed by atoms with Gasteiger partial charge in [0.1, 0.15) is 5.75 Å². The summed E-state index contributed by atoms with van der Waals surface area (Å²) >= 11 is 0. The molecular weight excluding hydrogens is 612 g/mol. The summed E-state index contributed by atoms with van der Waals surface area (Å²) in [7, 11) is 0. The van der Waals surface area contributed by atoms with Gasteiger partial charge in [0.2, 0.25) is 6.10 Å². The molecule has 0 unspecified atom stereocenters. The molecule has 1 aliphatic rings. The second-order valence-electron chi connectivity index (χ2n) is 10.2. The average Bonchev–Trinajstić information content (AvgIpc) is 3.27. The van der Waals surface area contributed by atoms with Crippen molar-refractivity contribution in [3.63, 3.8) is 0 Å². The van der Waals surface area contributed by atoms with Gasteiger partial charge in [0, 0.05) is 55.4 Å². The van der Waals surface area contributed by atoms with Crippen LogP contribution in [0, 0.1) is 13.8 Å². The van der Waals surface area contributed by atoms with Crippen molar-refractivity contribution in [2.45, 2.75) is 66.1 Å². The van der Waals surface area contributed by atoms with Gasteiger partial charge >= 0.3 is 30.1 Å². The number of carbonyl (C=O) groups is 4. The molecule has 0 aliphatic carbocycles. The number of hydrogen-bond acceptors (Lipinski definition) is 9. The topological polar surface area (TPSA) is 134 Å². The Balaban J connectivity index is 0.00000405. The lowest BCUT2D eigenvalue weighted by Crippen LogP contribution is -3.00. The van der Waals surface area contributed by atoms with Crippen molar-refractivity contribution >= 4 is 56.5 Å². The fraction of sp³-hybridized carbons (Fsp3) is 0.367. The average molecular weight is 643 g/mol. The molecule has 5 rings (SSSR count). The minimum atomic E-state index is -1.10. The summed E-state index contributed by atoms with van der Waals surface area (Å²) in [5.41, 5.74) is 3.85. The second kappa shape index (κ2) is 12.1. The van der Waals surface area contributed by atoms with E-state index in [1.807, 2.05) is 38.2 Å². The number of aryl methyl sites for hydroxylation is 2. The number of ether oxygens (including phenoxy) is 5. The van der Waals surface area contributed by atoms with Crippen molar-refractivity contribution in [3.8, 4) is 5.75 Å². The van der Waals surface area contributed by atoms with E-state index in [-0.39, 0.29) is 23.6 Å². The molecule has 0 spiro atoms. The normalized spacial score (nSPS) is 20.1. The highest BCUT2D eigenvalue weighted by Gasteiger charge is 2.51. The van der Waals surface area contributed by atoms with Gasteiger partial charge in [0.15, 0.2) is 24.6 Å². The van der Waals surface area contributed by atoms with Gasteiger partial charge in [-0.15, -0.1) is 0 Å². The van der Waals surface area contributed by atoms with Gasteiger partial charge in [-0.1, -0.05) is 0 Å². The summed E-state index contributed by atoms with van der Waals surface area (Å²) in [6.45, 7) is 9.02. The molecule has 3 heterocycles. The predicted octanol–water partition coefficient (Wildman–Crippen LogP) is 0.632. The number of pyridine rings is 1. The van der Waals surface area contributed by atoms with Crippen LogP contribution in [0.1, 0.15) is 45.0 Å². The van der Waals surface area contributed by atoms with Gasteiger partial charge in [0.25, 0.3) is 0 Å². The van der Waals surface area contributed by atoms with Crippen LogP contribution >= 0.6 is 0 Å². The Morgan fingerprint density at radius 1 is 0.833 bits per heavy atom. The molecule has 0 bridgehead atoms. The standard InChI is InChI=1S/C30H30N2O9.BrH/c1-14-23-12-32(30-29(41-19(6)36)28(40-18(5)35)25(13-37-30)39-17(4)34)10-9-21(23)15(2)27-26(14)22-11-20(38-16(3)33)7-8-24(22)31-27;/h7-12,25,28-30H,13H2,1-6H3;1H/t25-,28-,29+,30+;/m0./s1. The van der Waals surface area contributed by atoms with E-state index in [0.29, 0.717) is 5.75 Å². The van der Waals surface area contributed by atoms with Crippen LogP contribution in [0.4, 0.5) is 0 Å². The number of H-pyrrole nitrogens is 1. The molecule has 4 atom stereocenters. The summed E-state index contributed by atoms with van der Waals surface area (Å²) in [6.07, 6.45) is -0.320. The Labute approximate surface area is 251 Å². The first-order chi connectivity index (χ1) is 19.4. The summed E-state index contributed by atoms with van der Waals surface area (Å²) < 4.78 is 29.6. The largest absolute Gasteiger partial charge is 1.00 e. The number of fused-ring (bicyclic) bond motifs is 4. The molecule has 0 saturated carbocycles. The lowest BCUT2D eigenvalue weighted by Gasteiger charge is -2.37. The van der Waals surface area contributed by atoms with Crippen LogP contribution in [0.3, 0.4) is 0 Å². The van der Waals surface area contributed by atoms with Crippen LogP contribution in [0.25, 0.3) is 32.6 Å². The van der Waals surface area contributed by atoms with E-state index < -0.39 is 48.4 Å². The van der Waals surface area contributed by atoms with Crippen molar-refractivity contribution in [3.05, 3.63) is 47.8 Å². The van der Waals surface area contributed by atoms with E-state index in [0.717, 1.165) is 43.7 Å². The molecule has 0 amide bonds. The zero-order chi connectivity index (χ0) is 29.6. The lowest BCUT2D eigenvalue weighted by molar-refractivity contribution is -0.773. The minimum Gasteiger partial charge on any atom is -1.00 e. The summed E-state index contributed by atoms with van der Waals surface area (Å²) in [4.78, 5) is 50.9. The Bertz CT molecular complexity index is 1730. The predicted molar refractivity (Wildman–Crippen MR) is 146 cm³/mol. The lowest BCUT2D eigenvalue weighted by atomic mass is 9.96. The molecule has 4 aromatic rings. The third-order valence-corrected chi connectivity index (χ3v) is 7.19. The molecular formula is C30H31BrN2O9. The molecule has 222 valence electrons. The second-order valence-corrected chi connectivity index (χ2v) is 10.2. The van der Waals surface area contributed by atoms with Gasteiger partial charge in [-0.2, -0.15) is 4.57 Å². The maximum absolute atomic E-state index is 12.1. The van der Waals surface area contributed by atoms with E-state index in [2.05, 4.69) is 4.98 Å². The van der Waals surface area contributed by atoms with Crippen LogP contribution < -0.4 is 26.3 Å². The zero-order valence-electron chi connectivity index (χ0n) is 24.0. The summed E-state index contributed by atoms with van der Waals surface area (Å²) in [5, 5.41) is 3.79. The number of carbonyl (C=O) groups excluding carboxylic acids is 4. The van der Waals surface area contributed by atoms with E-state index in [1.54, 1.807) is 16.8 Å². The first-order valence-corrected chi connectivity index (χ1v) is 13.2. The van der Waals surface area contributed by atoms with Crippen molar-refractivity contribution in [2.24, 2.45) is 0 Å². The number of nitrogens with one attached hydrogen (secondary N) is 1. The molecule has 1 N–H and O–H groups in total. The highest BCUT2D eigenvalue weighted by molar-refractivity contribution is 6.16. The number of aromatic nitrogens is 2. The van der Waals surface area contributed by atoms with E-state index in [1.165, 1.54) is 27.7 Å². The van der Waals surface area contributed by atoms with Crippen LogP contribution in [0.15, 0.2) is 36.7 Å². The first kappa shape index (κ1) is 30.9. The van der Waals surface area contributed by atoms with Crippen LogP contribution in [-0.4, -0.2) is 53.8 Å². The highest BCUT2D eigenvalue weighted by atomic mass is 79.9. The fourth-order valence-electron chi connectivity index (χ4n) is 5.62. The van der Waals surface area contributed by atoms with Crippen LogP contribution in [-0.2, 0) is 38.1 Å². The molecule has 1 fully saturated rings. The third kappa shape index (κ3) is 5.82. The number of rotatable bonds is 5.